The van der Waals surface area contributed by atoms with Gasteiger partial charge in [-0.2, -0.15) is 4.98 Å². The van der Waals surface area contributed by atoms with Crippen molar-refractivity contribution in [3.8, 4) is 28.2 Å². The van der Waals surface area contributed by atoms with Gasteiger partial charge in [-0.1, -0.05) is 49.7 Å². The van der Waals surface area contributed by atoms with E-state index in [1.165, 1.54) is 12.7 Å². The van der Waals surface area contributed by atoms with Crippen molar-refractivity contribution in [1.82, 2.24) is 19.7 Å². The Hall–Kier alpha value is -4.04. The predicted molar refractivity (Wildman–Crippen MR) is 137 cm³/mol. The molecule has 0 spiro atoms. The summed E-state index contributed by atoms with van der Waals surface area (Å²) in [5, 5.41) is 2.82. The van der Waals surface area contributed by atoms with Crippen LogP contribution in [0.5, 0.6) is 0 Å². The van der Waals surface area contributed by atoms with Crippen molar-refractivity contribution in [2.24, 2.45) is 0 Å². The third kappa shape index (κ3) is 4.28. The highest BCUT2D eigenvalue weighted by molar-refractivity contribution is 7.71. The van der Waals surface area contributed by atoms with Crippen LogP contribution in [-0.4, -0.2) is 32.8 Å². The van der Waals surface area contributed by atoms with Gasteiger partial charge in [0.15, 0.2) is 5.82 Å². The predicted octanol–water partition coefficient (Wildman–Crippen LogP) is 6.53. The molecule has 1 N–H and O–H groups in total. The number of para-hydroxylation sites is 1. The molecule has 0 amide bonds. The van der Waals surface area contributed by atoms with Gasteiger partial charge < -0.3 is 9.26 Å². The molecule has 0 saturated carbocycles. The number of esters is 1. The van der Waals surface area contributed by atoms with Gasteiger partial charge in [0, 0.05) is 11.3 Å². The summed E-state index contributed by atoms with van der Waals surface area (Å²) in [5.41, 5.74) is 7.12. The summed E-state index contributed by atoms with van der Waals surface area (Å²) >= 11 is 5.06. The van der Waals surface area contributed by atoms with Gasteiger partial charge in [-0.3, -0.25) is 4.57 Å². The van der Waals surface area contributed by atoms with Crippen LogP contribution in [0.4, 0.5) is 0 Å². The van der Waals surface area contributed by atoms with E-state index in [9.17, 15) is 4.79 Å². The fourth-order valence-electron chi connectivity index (χ4n) is 4.37. The summed E-state index contributed by atoms with van der Waals surface area (Å²) in [5.74, 6) is 0.207. The molecule has 0 unspecified atom stereocenters. The summed E-state index contributed by atoms with van der Waals surface area (Å²) in [6.45, 7) is 2.18. The van der Waals surface area contributed by atoms with Gasteiger partial charge in [0.2, 0.25) is 0 Å². The van der Waals surface area contributed by atoms with Crippen molar-refractivity contribution in [3.05, 3.63) is 83.0 Å². The van der Waals surface area contributed by atoms with Crippen molar-refractivity contribution < 1.29 is 14.1 Å². The first kappa shape index (κ1) is 22.7. The number of aromatic nitrogens is 4. The van der Waals surface area contributed by atoms with Crippen molar-refractivity contribution >= 4 is 29.2 Å². The monoisotopic (exact) mass is 484 g/mol. The minimum atomic E-state index is -0.390. The molecule has 0 atom stereocenters. The third-order valence-corrected chi connectivity index (χ3v) is 6.22. The summed E-state index contributed by atoms with van der Waals surface area (Å²) in [6, 6.07) is 19.8. The molecule has 0 saturated heterocycles. The number of hydrogen-bond donors (Lipinski definition) is 1. The molecule has 7 nitrogen and oxygen atoms in total. The number of imidazole rings is 1. The Morgan fingerprint density at radius 3 is 2.66 bits per heavy atom. The molecule has 0 aliphatic rings. The topological polar surface area (TPSA) is 85.9 Å². The van der Waals surface area contributed by atoms with Crippen molar-refractivity contribution in [2.75, 3.05) is 7.11 Å². The number of nitrogens with one attached hydrogen (secondary N) is 1. The molecule has 2 aromatic heterocycles. The number of ether oxygens (including phenoxy) is 1. The van der Waals surface area contributed by atoms with Gasteiger partial charge >= 0.3 is 10.8 Å². The SMILES string of the molecule is CCCCc1cc(-n2cnc3cccc(C(=O)OC)c32)ccc1-c1ccccc1-c1nc(=S)o[nH]1. The summed E-state index contributed by atoms with van der Waals surface area (Å²) in [6.07, 6.45) is 4.77. The standard InChI is InChI=1S/C27H24N4O3S/c1-3-4-8-17-15-18(31-16-28-23-12-7-11-22(24(23)31)26(32)33-2)13-14-19(17)20-9-5-6-10-21(20)25-29-27(35)34-30-25/h5-7,9-16H,3-4,8H2,1-2H3,(H,29,30,35). The van der Waals surface area contributed by atoms with Crippen LogP contribution < -0.4 is 0 Å². The zero-order valence-electron chi connectivity index (χ0n) is 19.4. The lowest BCUT2D eigenvalue weighted by molar-refractivity contribution is 0.0602. The number of benzene rings is 3. The van der Waals surface area contributed by atoms with Gasteiger partial charge in [-0.15, -0.1) is 0 Å². The minimum Gasteiger partial charge on any atom is -0.465 e. The second-order valence-electron chi connectivity index (χ2n) is 8.20. The van der Waals surface area contributed by atoms with E-state index in [0.717, 1.165) is 52.7 Å². The first-order chi connectivity index (χ1) is 17.1. The molecular formula is C27H24N4O3S. The van der Waals surface area contributed by atoms with Gasteiger partial charge in [0.25, 0.3) is 0 Å². The molecule has 2 heterocycles. The molecule has 0 radical (unpaired) electrons. The molecule has 0 bridgehead atoms. The Kier molecular flexibility index (Phi) is 6.29. The average Bonchev–Trinajstić information content (AvgIpc) is 3.53. The number of carbonyl (C=O) groups excluding carboxylic acids is 1. The molecule has 5 rings (SSSR count). The normalized spacial score (nSPS) is 11.1. The van der Waals surface area contributed by atoms with E-state index in [2.05, 4.69) is 40.2 Å². The van der Waals surface area contributed by atoms with E-state index in [1.54, 1.807) is 12.4 Å². The van der Waals surface area contributed by atoms with Gasteiger partial charge in [-0.25, -0.2) is 14.9 Å². The Labute approximate surface area is 207 Å². The number of fused-ring (bicyclic) bond motifs is 1. The third-order valence-electron chi connectivity index (χ3n) is 6.05. The lowest BCUT2D eigenvalue weighted by Crippen LogP contribution is -2.05. The number of methoxy groups -OCH3 is 1. The van der Waals surface area contributed by atoms with Gasteiger partial charge in [0.05, 0.1) is 23.7 Å². The quantitative estimate of drug-likeness (QED) is 0.209. The Morgan fingerprint density at radius 1 is 1.09 bits per heavy atom. The minimum absolute atomic E-state index is 0.171. The van der Waals surface area contributed by atoms with Crippen LogP contribution in [0.2, 0.25) is 0 Å². The summed E-state index contributed by atoms with van der Waals surface area (Å²) in [7, 11) is 1.39. The van der Waals surface area contributed by atoms with Gasteiger partial charge in [-0.05, 0) is 66.0 Å². The maximum atomic E-state index is 12.4. The van der Waals surface area contributed by atoms with Crippen LogP contribution in [0.25, 0.3) is 39.2 Å². The highest BCUT2D eigenvalue weighted by Gasteiger charge is 2.18. The smallest absolute Gasteiger partial charge is 0.340 e. The van der Waals surface area contributed by atoms with Crippen LogP contribution in [0.1, 0.15) is 35.7 Å². The fraction of sp³-hybridized carbons (Fsp3) is 0.185. The first-order valence-electron chi connectivity index (χ1n) is 11.4. The number of aryl methyl sites for hydroxylation is 1. The van der Waals surface area contributed by atoms with Gasteiger partial charge in [0.1, 0.15) is 6.33 Å². The fourth-order valence-corrected chi connectivity index (χ4v) is 4.51. The molecule has 0 aliphatic carbocycles. The lowest BCUT2D eigenvalue weighted by Gasteiger charge is -2.16. The van der Waals surface area contributed by atoms with E-state index < -0.39 is 0 Å². The van der Waals surface area contributed by atoms with E-state index in [1.807, 2.05) is 41.0 Å². The first-order valence-corrected chi connectivity index (χ1v) is 11.8. The largest absolute Gasteiger partial charge is 0.465 e. The number of carbonyl (C=O) groups is 1. The van der Waals surface area contributed by atoms with E-state index >= 15 is 0 Å². The molecule has 5 aromatic rings. The molecule has 0 fully saturated rings. The number of hydrogen-bond acceptors (Lipinski definition) is 6. The van der Waals surface area contributed by atoms with Crippen LogP contribution in [0, 0.1) is 4.84 Å². The highest BCUT2D eigenvalue weighted by Crippen LogP contribution is 2.35. The average molecular weight is 485 g/mol. The molecule has 0 aliphatic heterocycles. The van der Waals surface area contributed by atoms with Crippen molar-refractivity contribution in [3.63, 3.8) is 0 Å². The molecule has 8 heteroatoms. The van der Waals surface area contributed by atoms with Crippen LogP contribution >= 0.6 is 12.2 Å². The Balaban J connectivity index is 1.68. The Morgan fingerprint density at radius 2 is 1.91 bits per heavy atom. The number of rotatable bonds is 7. The lowest BCUT2D eigenvalue weighted by atomic mass is 9.92. The second kappa shape index (κ2) is 9.68. The zero-order valence-corrected chi connectivity index (χ0v) is 20.3. The maximum absolute atomic E-state index is 12.4. The maximum Gasteiger partial charge on any atom is 0.340 e. The zero-order chi connectivity index (χ0) is 24.4. The van der Waals surface area contributed by atoms with Crippen LogP contribution in [-0.2, 0) is 11.2 Å². The van der Waals surface area contributed by atoms with E-state index in [4.69, 9.17) is 21.5 Å². The molecule has 35 heavy (non-hydrogen) atoms. The van der Waals surface area contributed by atoms with Crippen molar-refractivity contribution in [1.29, 1.82) is 0 Å². The highest BCUT2D eigenvalue weighted by atomic mass is 32.1. The van der Waals surface area contributed by atoms with Crippen LogP contribution in [0.15, 0.2) is 71.5 Å². The number of unbranched alkanes of at least 4 members (excludes halogenated alkanes) is 1. The Bertz CT molecular complexity index is 1580. The molecule has 3 aromatic carbocycles. The van der Waals surface area contributed by atoms with Crippen molar-refractivity contribution in [2.45, 2.75) is 26.2 Å². The number of aromatic amines is 1. The van der Waals surface area contributed by atoms with E-state index in [-0.39, 0.29) is 10.8 Å². The number of nitrogens with zero attached hydrogens (tertiary/aromatic N) is 3. The molecular weight excluding hydrogens is 460 g/mol. The van der Waals surface area contributed by atoms with Crippen LogP contribution in [0.3, 0.4) is 0 Å². The summed E-state index contributed by atoms with van der Waals surface area (Å²) in [4.78, 5) is 21.5. The van der Waals surface area contributed by atoms with E-state index in [0.29, 0.717) is 11.4 Å². The summed E-state index contributed by atoms with van der Waals surface area (Å²) < 4.78 is 12.1. The number of H-pyrrole nitrogens is 1. The molecule has 176 valence electrons. The second-order valence-corrected chi connectivity index (χ2v) is 8.55.